The summed E-state index contributed by atoms with van der Waals surface area (Å²) in [7, 11) is 0. The van der Waals surface area contributed by atoms with Crippen LogP contribution < -0.4 is 5.32 Å². The van der Waals surface area contributed by atoms with Gasteiger partial charge in [0.25, 0.3) is 0 Å². The Morgan fingerprint density at radius 1 is 0.769 bits per heavy atom. The van der Waals surface area contributed by atoms with Gasteiger partial charge in [0.15, 0.2) is 12.5 Å². The quantitative estimate of drug-likeness (QED) is 0.0555. The van der Waals surface area contributed by atoms with Gasteiger partial charge in [-0.15, -0.1) is 0 Å². The zero-order valence-electron chi connectivity index (χ0n) is 22.9. The van der Waals surface area contributed by atoms with Crippen molar-refractivity contribution < 1.29 is 60.2 Å². The maximum Gasteiger partial charge on any atom is 0.222 e. The number of hydrogen-bond acceptors (Lipinski definition) is 12. The number of carbonyl (C=O) groups excluding carboxylic acids is 1. The van der Waals surface area contributed by atoms with Crippen LogP contribution in [-0.4, -0.2) is 126 Å². The number of aliphatic hydroxyl groups is 9. The van der Waals surface area contributed by atoms with E-state index in [4.69, 9.17) is 14.6 Å². The highest BCUT2D eigenvalue weighted by atomic mass is 16.7. The van der Waals surface area contributed by atoms with Crippen molar-refractivity contribution in [3.05, 3.63) is 0 Å². The van der Waals surface area contributed by atoms with Crippen LogP contribution in [-0.2, 0) is 14.3 Å². The molecule has 1 aliphatic rings. The van der Waals surface area contributed by atoms with E-state index in [0.717, 1.165) is 25.7 Å². The number of unbranched alkanes of at least 4 members (excludes halogenated alkanes) is 10. The van der Waals surface area contributed by atoms with Gasteiger partial charge in [0.2, 0.25) is 5.91 Å². The van der Waals surface area contributed by atoms with Gasteiger partial charge in [0, 0.05) is 6.42 Å². The zero-order valence-corrected chi connectivity index (χ0v) is 22.9. The van der Waals surface area contributed by atoms with Crippen LogP contribution in [0.1, 0.15) is 84.0 Å². The molecule has 1 aliphatic heterocycles. The molecule has 0 aliphatic carbocycles. The minimum atomic E-state index is -1.94. The van der Waals surface area contributed by atoms with E-state index < -0.39 is 80.5 Å². The first-order chi connectivity index (χ1) is 18.6. The molecular weight excluding hydrogens is 518 g/mol. The van der Waals surface area contributed by atoms with Crippen LogP contribution in [0.5, 0.6) is 0 Å². The van der Waals surface area contributed by atoms with Crippen molar-refractivity contribution in [3.8, 4) is 0 Å². The molecule has 1 rings (SSSR count). The minimum Gasteiger partial charge on any atom is -0.394 e. The Morgan fingerprint density at radius 2 is 1.28 bits per heavy atom. The van der Waals surface area contributed by atoms with Crippen molar-refractivity contribution in [3.63, 3.8) is 0 Å². The maximum atomic E-state index is 12.3. The molecular formula is C26H51NO12. The first-order valence-electron chi connectivity index (χ1n) is 14.2. The zero-order chi connectivity index (χ0) is 29.4. The molecule has 0 bridgehead atoms. The Labute approximate surface area is 230 Å². The molecule has 0 aromatic carbocycles. The van der Waals surface area contributed by atoms with E-state index in [0.29, 0.717) is 6.42 Å². The van der Waals surface area contributed by atoms with Gasteiger partial charge in [-0.05, 0) is 6.42 Å². The fourth-order valence-electron chi connectivity index (χ4n) is 4.50. The van der Waals surface area contributed by atoms with Gasteiger partial charge in [-0.1, -0.05) is 71.1 Å². The smallest absolute Gasteiger partial charge is 0.222 e. The Kier molecular flexibility index (Phi) is 18.5. The van der Waals surface area contributed by atoms with Gasteiger partial charge in [0.1, 0.15) is 48.8 Å². The van der Waals surface area contributed by atoms with E-state index in [2.05, 4.69) is 12.2 Å². The van der Waals surface area contributed by atoms with Crippen molar-refractivity contribution in [2.75, 3.05) is 13.2 Å². The summed E-state index contributed by atoms with van der Waals surface area (Å²) in [6.45, 7) is 0.344. The third-order valence-electron chi connectivity index (χ3n) is 7.01. The van der Waals surface area contributed by atoms with Gasteiger partial charge in [-0.25, -0.2) is 0 Å². The Hall–Kier alpha value is -0.970. The van der Waals surface area contributed by atoms with Gasteiger partial charge >= 0.3 is 0 Å². The Morgan fingerprint density at radius 3 is 1.79 bits per heavy atom. The molecule has 10 N–H and O–H groups in total. The van der Waals surface area contributed by atoms with Crippen molar-refractivity contribution in [2.45, 2.75) is 145 Å². The number of nitrogens with one attached hydrogen (secondary N) is 1. The second kappa shape index (κ2) is 20.0. The molecule has 232 valence electrons. The summed E-state index contributed by atoms with van der Waals surface area (Å²) < 4.78 is 10.6. The average molecular weight is 570 g/mol. The van der Waals surface area contributed by atoms with E-state index in [1.807, 2.05) is 0 Å². The standard InChI is InChI=1S/C26H51NO12/c1-2-3-4-5-6-7-8-9-10-11-12-13-18(32)27-25(37)24-21(35)20(34)22(36)26(39-24)38-23(17(31)15-29)19(33)16(30)14-28/h16-17,19-26,28-31,33-37H,2-15H2,1H3,(H,27,32)/t16-,17+,19+,20-,21+,22+,23+,24-,25?,26+/m0/s1. The third-order valence-corrected chi connectivity index (χ3v) is 7.01. The van der Waals surface area contributed by atoms with E-state index >= 15 is 0 Å². The molecule has 0 radical (unpaired) electrons. The van der Waals surface area contributed by atoms with Crippen molar-refractivity contribution in [1.29, 1.82) is 0 Å². The van der Waals surface area contributed by atoms with E-state index in [1.54, 1.807) is 0 Å². The number of hydrogen-bond donors (Lipinski definition) is 10. The fraction of sp³-hybridized carbons (Fsp3) is 0.962. The van der Waals surface area contributed by atoms with Crippen LogP contribution in [0.2, 0.25) is 0 Å². The van der Waals surface area contributed by atoms with Crippen LogP contribution in [0.15, 0.2) is 0 Å². The molecule has 0 aromatic rings. The van der Waals surface area contributed by atoms with Crippen molar-refractivity contribution >= 4 is 5.91 Å². The molecule has 1 heterocycles. The van der Waals surface area contributed by atoms with Crippen molar-refractivity contribution in [2.24, 2.45) is 0 Å². The summed E-state index contributed by atoms with van der Waals surface area (Å²) in [5, 5.41) is 91.7. The molecule has 13 nitrogen and oxygen atoms in total. The van der Waals surface area contributed by atoms with E-state index in [9.17, 15) is 45.6 Å². The lowest BCUT2D eigenvalue weighted by atomic mass is 9.97. The normalized spacial score (nSPS) is 27.5. The Balaban J connectivity index is 2.53. The summed E-state index contributed by atoms with van der Waals surface area (Å²) in [4.78, 5) is 12.3. The monoisotopic (exact) mass is 569 g/mol. The average Bonchev–Trinajstić information content (AvgIpc) is 2.92. The fourth-order valence-corrected chi connectivity index (χ4v) is 4.50. The summed E-state index contributed by atoms with van der Waals surface area (Å²) in [6.07, 6.45) is -5.96. The molecule has 1 amide bonds. The Bertz CT molecular complexity index is 644. The first kappa shape index (κ1) is 36.1. The molecule has 13 heteroatoms. The second-order valence-electron chi connectivity index (χ2n) is 10.3. The highest BCUT2D eigenvalue weighted by Gasteiger charge is 2.49. The van der Waals surface area contributed by atoms with Gasteiger partial charge in [-0.2, -0.15) is 0 Å². The van der Waals surface area contributed by atoms with Crippen LogP contribution in [0.25, 0.3) is 0 Å². The summed E-state index contributed by atoms with van der Waals surface area (Å²) in [5.41, 5.74) is 0. The lowest BCUT2D eigenvalue weighted by Crippen LogP contribution is -2.65. The summed E-state index contributed by atoms with van der Waals surface area (Å²) in [6, 6.07) is 0. The van der Waals surface area contributed by atoms with E-state index in [1.165, 1.54) is 38.5 Å². The topological polar surface area (TPSA) is 230 Å². The minimum absolute atomic E-state index is 0.123. The van der Waals surface area contributed by atoms with Gasteiger partial charge in [-0.3, -0.25) is 4.79 Å². The lowest BCUT2D eigenvalue weighted by molar-refractivity contribution is -0.335. The number of aliphatic hydroxyl groups excluding tert-OH is 9. The molecule has 1 saturated heterocycles. The summed E-state index contributed by atoms with van der Waals surface area (Å²) >= 11 is 0. The van der Waals surface area contributed by atoms with Gasteiger partial charge in [0.05, 0.1) is 13.2 Å². The number of carbonyl (C=O) groups is 1. The number of amides is 1. The molecule has 1 fully saturated rings. The molecule has 39 heavy (non-hydrogen) atoms. The SMILES string of the molecule is CCCCCCCCCCCCCC(=O)NC(O)[C@H]1O[C@@H](O[C@@H]([C@H](O)[C@@H](O)CO)[C@H](O)CO)[C@H](O)[C@@H](O)[C@H]1O. The second-order valence-corrected chi connectivity index (χ2v) is 10.3. The predicted octanol–water partition coefficient (Wildman–Crippen LogP) is -1.62. The molecule has 10 atom stereocenters. The highest BCUT2D eigenvalue weighted by Crippen LogP contribution is 2.26. The lowest BCUT2D eigenvalue weighted by Gasteiger charge is -2.43. The van der Waals surface area contributed by atoms with Crippen LogP contribution in [0, 0.1) is 0 Å². The molecule has 0 spiro atoms. The van der Waals surface area contributed by atoms with Crippen LogP contribution >= 0.6 is 0 Å². The first-order valence-corrected chi connectivity index (χ1v) is 14.2. The largest absolute Gasteiger partial charge is 0.394 e. The predicted molar refractivity (Wildman–Crippen MR) is 139 cm³/mol. The summed E-state index contributed by atoms with van der Waals surface area (Å²) in [5.74, 6) is -0.512. The van der Waals surface area contributed by atoms with Gasteiger partial charge < -0.3 is 60.7 Å². The molecule has 1 unspecified atom stereocenters. The van der Waals surface area contributed by atoms with Crippen LogP contribution in [0.3, 0.4) is 0 Å². The van der Waals surface area contributed by atoms with Crippen LogP contribution in [0.4, 0.5) is 0 Å². The number of rotatable bonds is 21. The third kappa shape index (κ3) is 12.6. The molecule has 0 aromatic heterocycles. The van der Waals surface area contributed by atoms with E-state index in [-0.39, 0.29) is 6.42 Å². The highest BCUT2D eigenvalue weighted by molar-refractivity contribution is 5.76. The maximum absolute atomic E-state index is 12.3. The number of ether oxygens (including phenoxy) is 2. The van der Waals surface area contributed by atoms with Crippen molar-refractivity contribution in [1.82, 2.24) is 5.32 Å². The molecule has 0 saturated carbocycles.